The monoisotopic (exact) mass is 238 g/mol. The van der Waals surface area contributed by atoms with Gasteiger partial charge in [-0.15, -0.1) is 0 Å². The maximum Gasteiger partial charge on any atom is 0.0683 e. The van der Waals surface area contributed by atoms with Crippen LogP contribution in [0.3, 0.4) is 0 Å². The zero-order valence-corrected chi connectivity index (χ0v) is 11.4. The van der Waals surface area contributed by atoms with E-state index in [-0.39, 0.29) is 11.5 Å². The molecule has 3 heteroatoms. The first-order valence-corrected chi connectivity index (χ1v) is 6.76. The number of aliphatic hydroxyl groups is 1. The number of aliphatic hydroxyl groups excluding tert-OH is 1. The quantitative estimate of drug-likeness (QED) is 0.800. The van der Waals surface area contributed by atoms with Crippen molar-refractivity contribution in [2.24, 2.45) is 11.3 Å². The van der Waals surface area contributed by atoms with Gasteiger partial charge in [0.2, 0.25) is 0 Å². The van der Waals surface area contributed by atoms with E-state index in [0.717, 1.165) is 45.3 Å². The van der Waals surface area contributed by atoms with Crippen LogP contribution >= 0.6 is 0 Å². The van der Waals surface area contributed by atoms with Crippen LogP contribution in [0.1, 0.15) is 46.5 Å². The van der Waals surface area contributed by atoms with Gasteiger partial charge in [-0.1, -0.05) is 0 Å². The third-order valence-corrected chi connectivity index (χ3v) is 3.89. The van der Waals surface area contributed by atoms with Crippen molar-refractivity contribution in [3.63, 3.8) is 0 Å². The van der Waals surface area contributed by atoms with E-state index in [1.165, 1.54) is 0 Å². The molecule has 0 aromatic carbocycles. The highest BCUT2D eigenvalue weighted by Crippen LogP contribution is 2.23. The largest absolute Gasteiger partial charge is 0.393 e. The fraction of sp³-hybridized carbons (Fsp3) is 0.929. The Hall–Kier alpha value is -0.590. The SMILES string of the molecule is CC(O)C1CCN(CCCC(C)(C)C#N)CC1. The van der Waals surface area contributed by atoms with E-state index in [9.17, 15) is 5.11 Å². The molecule has 0 spiro atoms. The second kappa shape index (κ2) is 6.37. The van der Waals surface area contributed by atoms with Crippen LogP contribution in [-0.4, -0.2) is 35.7 Å². The molecule has 1 saturated heterocycles. The second-order valence-electron chi connectivity index (χ2n) is 6.02. The number of nitrogens with zero attached hydrogens (tertiary/aromatic N) is 2. The number of hydrogen-bond donors (Lipinski definition) is 1. The van der Waals surface area contributed by atoms with Crippen LogP contribution in [-0.2, 0) is 0 Å². The molecule has 0 amide bonds. The van der Waals surface area contributed by atoms with Crippen LogP contribution in [0.15, 0.2) is 0 Å². The van der Waals surface area contributed by atoms with Gasteiger partial charge in [0.1, 0.15) is 0 Å². The highest BCUT2D eigenvalue weighted by Gasteiger charge is 2.23. The third-order valence-electron chi connectivity index (χ3n) is 3.89. The lowest BCUT2D eigenvalue weighted by molar-refractivity contribution is 0.0708. The summed E-state index contributed by atoms with van der Waals surface area (Å²) >= 11 is 0. The first kappa shape index (κ1) is 14.5. The third kappa shape index (κ3) is 5.06. The molecule has 0 aromatic heterocycles. The van der Waals surface area contributed by atoms with E-state index in [1.807, 2.05) is 20.8 Å². The summed E-state index contributed by atoms with van der Waals surface area (Å²) in [6, 6.07) is 2.35. The van der Waals surface area contributed by atoms with E-state index in [2.05, 4.69) is 11.0 Å². The van der Waals surface area contributed by atoms with Gasteiger partial charge in [-0.2, -0.15) is 5.26 Å². The van der Waals surface area contributed by atoms with Gasteiger partial charge in [0.05, 0.1) is 17.6 Å². The van der Waals surface area contributed by atoms with Crippen molar-refractivity contribution in [3.8, 4) is 6.07 Å². The van der Waals surface area contributed by atoms with Crippen LogP contribution in [0.2, 0.25) is 0 Å². The number of nitriles is 1. The molecule has 1 unspecified atom stereocenters. The van der Waals surface area contributed by atoms with Gasteiger partial charge in [-0.3, -0.25) is 0 Å². The molecule has 1 atom stereocenters. The summed E-state index contributed by atoms with van der Waals surface area (Å²) in [5.74, 6) is 0.488. The smallest absolute Gasteiger partial charge is 0.0683 e. The molecule has 0 radical (unpaired) electrons. The minimum atomic E-state index is -0.183. The molecule has 0 bridgehead atoms. The van der Waals surface area contributed by atoms with Crippen molar-refractivity contribution in [1.29, 1.82) is 5.26 Å². The van der Waals surface area contributed by atoms with Crippen LogP contribution in [0.25, 0.3) is 0 Å². The highest BCUT2D eigenvalue weighted by atomic mass is 16.3. The van der Waals surface area contributed by atoms with Crippen LogP contribution in [0, 0.1) is 22.7 Å². The Balaban J connectivity index is 2.17. The van der Waals surface area contributed by atoms with Crippen LogP contribution < -0.4 is 0 Å². The Morgan fingerprint density at radius 3 is 2.47 bits per heavy atom. The Morgan fingerprint density at radius 2 is 2.00 bits per heavy atom. The molecule has 1 fully saturated rings. The van der Waals surface area contributed by atoms with Crippen molar-refractivity contribution in [2.75, 3.05) is 19.6 Å². The maximum absolute atomic E-state index is 9.52. The first-order chi connectivity index (χ1) is 7.94. The van der Waals surface area contributed by atoms with Gasteiger partial charge in [0, 0.05) is 0 Å². The summed E-state index contributed by atoms with van der Waals surface area (Å²) in [4.78, 5) is 2.46. The lowest BCUT2D eigenvalue weighted by Gasteiger charge is -2.33. The van der Waals surface area contributed by atoms with E-state index in [1.54, 1.807) is 0 Å². The molecule has 0 aliphatic carbocycles. The van der Waals surface area contributed by atoms with Crippen molar-refractivity contribution in [3.05, 3.63) is 0 Å². The molecule has 1 rings (SSSR count). The summed E-state index contributed by atoms with van der Waals surface area (Å²) in [5.41, 5.74) is -0.183. The van der Waals surface area contributed by atoms with Crippen molar-refractivity contribution in [2.45, 2.75) is 52.6 Å². The molecular formula is C14H26N2O. The zero-order chi connectivity index (χ0) is 12.9. The second-order valence-corrected chi connectivity index (χ2v) is 6.02. The molecular weight excluding hydrogens is 212 g/mol. The molecule has 1 aliphatic rings. The number of piperidine rings is 1. The Kier molecular flexibility index (Phi) is 5.42. The molecule has 1 heterocycles. The topological polar surface area (TPSA) is 47.3 Å². The normalized spacial score (nSPS) is 21.1. The van der Waals surface area contributed by atoms with Crippen molar-refractivity contribution < 1.29 is 5.11 Å². The van der Waals surface area contributed by atoms with Gasteiger partial charge < -0.3 is 10.0 Å². The zero-order valence-electron chi connectivity index (χ0n) is 11.4. The van der Waals surface area contributed by atoms with E-state index in [0.29, 0.717) is 5.92 Å². The van der Waals surface area contributed by atoms with Gasteiger partial charge in [-0.25, -0.2) is 0 Å². The van der Waals surface area contributed by atoms with Crippen molar-refractivity contribution >= 4 is 0 Å². The summed E-state index contributed by atoms with van der Waals surface area (Å²) in [6.45, 7) is 9.21. The molecule has 98 valence electrons. The van der Waals surface area contributed by atoms with Gasteiger partial charge in [-0.05, 0) is 72.0 Å². The summed E-state index contributed by atoms with van der Waals surface area (Å²) < 4.78 is 0. The Labute approximate surface area is 105 Å². The average molecular weight is 238 g/mol. The minimum absolute atomic E-state index is 0.158. The maximum atomic E-state index is 9.52. The molecule has 3 nitrogen and oxygen atoms in total. The van der Waals surface area contributed by atoms with Gasteiger partial charge >= 0.3 is 0 Å². The number of rotatable bonds is 5. The summed E-state index contributed by atoms with van der Waals surface area (Å²) in [5, 5.41) is 18.5. The van der Waals surface area contributed by atoms with Crippen LogP contribution in [0.4, 0.5) is 0 Å². The van der Waals surface area contributed by atoms with Crippen LogP contribution in [0.5, 0.6) is 0 Å². The fourth-order valence-electron chi connectivity index (χ4n) is 2.46. The number of hydrogen-bond acceptors (Lipinski definition) is 3. The lowest BCUT2D eigenvalue weighted by Crippen LogP contribution is -2.37. The lowest BCUT2D eigenvalue weighted by atomic mass is 9.89. The van der Waals surface area contributed by atoms with Gasteiger partial charge in [0.15, 0.2) is 0 Å². The Morgan fingerprint density at radius 1 is 1.41 bits per heavy atom. The molecule has 17 heavy (non-hydrogen) atoms. The molecule has 0 saturated carbocycles. The van der Waals surface area contributed by atoms with Gasteiger partial charge in [0.25, 0.3) is 0 Å². The van der Waals surface area contributed by atoms with Crippen molar-refractivity contribution in [1.82, 2.24) is 4.90 Å². The van der Waals surface area contributed by atoms with E-state index in [4.69, 9.17) is 5.26 Å². The molecule has 0 aromatic rings. The average Bonchev–Trinajstić information content (AvgIpc) is 2.29. The predicted octanol–water partition coefficient (Wildman–Crippen LogP) is 2.41. The minimum Gasteiger partial charge on any atom is -0.393 e. The first-order valence-electron chi connectivity index (χ1n) is 6.76. The fourth-order valence-corrected chi connectivity index (χ4v) is 2.46. The number of likely N-dealkylation sites (tertiary alicyclic amines) is 1. The predicted molar refractivity (Wildman–Crippen MR) is 69.5 cm³/mol. The summed E-state index contributed by atoms with van der Waals surface area (Å²) in [6.07, 6.45) is 4.13. The standard InChI is InChI=1S/C14H26N2O/c1-12(17)13-5-9-16(10-6-13)8-4-7-14(2,3)11-15/h12-13,17H,4-10H2,1-3H3. The van der Waals surface area contributed by atoms with E-state index >= 15 is 0 Å². The highest BCUT2D eigenvalue weighted by molar-refractivity contribution is 4.91. The van der Waals surface area contributed by atoms with E-state index < -0.39 is 0 Å². The summed E-state index contributed by atoms with van der Waals surface area (Å²) in [7, 11) is 0. The Bertz CT molecular complexity index is 260. The molecule has 1 aliphatic heterocycles. The molecule has 1 N–H and O–H groups in total.